The van der Waals surface area contributed by atoms with Crippen LogP contribution >= 0.6 is 11.3 Å². The minimum atomic E-state index is -0.823. The molecule has 2 aromatic carbocycles. The fourth-order valence-corrected chi connectivity index (χ4v) is 5.56. The predicted octanol–water partition coefficient (Wildman–Crippen LogP) is 6.33. The van der Waals surface area contributed by atoms with Gasteiger partial charge in [-0.1, -0.05) is 62.4 Å². The molecule has 1 N–H and O–H groups in total. The Morgan fingerprint density at radius 2 is 1.85 bits per heavy atom. The number of hydrogen-bond donors (Lipinski definition) is 1. The number of thiazole rings is 1. The molecule has 1 amide bonds. The summed E-state index contributed by atoms with van der Waals surface area (Å²) in [6, 6.07) is 21.6. The Bertz CT molecular complexity index is 1530. The molecule has 0 radical (unpaired) electrons. The zero-order chi connectivity index (χ0) is 27.5. The minimum Gasteiger partial charge on any atom is -0.503 e. The Morgan fingerprint density at radius 1 is 1.08 bits per heavy atom. The van der Waals surface area contributed by atoms with Crippen molar-refractivity contribution in [1.29, 1.82) is 0 Å². The number of nitrogens with zero attached hydrogens (tertiary/aromatic N) is 3. The Kier molecular flexibility index (Phi) is 7.56. The summed E-state index contributed by atoms with van der Waals surface area (Å²) in [5, 5.41) is 11.8. The molecule has 0 spiro atoms. The molecule has 1 atom stereocenters. The van der Waals surface area contributed by atoms with Crippen LogP contribution in [0.25, 0.3) is 10.6 Å². The molecule has 198 valence electrons. The van der Waals surface area contributed by atoms with Crippen LogP contribution in [0.1, 0.15) is 46.5 Å². The van der Waals surface area contributed by atoms with Crippen molar-refractivity contribution in [2.45, 2.75) is 33.4 Å². The molecule has 7 nitrogen and oxygen atoms in total. The molecular formula is C31H29N3O4S. The molecule has 0 aliphatic carbocycles. The fourth-order valence-electron chi connectivity index (χ4n) is 4.53. The number of Topliss-reactive ketones (excluding diaryl/α,β-unsaturated/α-hetero) is 1. The summed E-state index contributed by atoms with van der Waals surface area (Å²) in [6.45, 7) is 6.55. The number of amides is 1. The van der Waals surface area contributed by atoms with Crippen molar-refractivity contribution in [3.05, 3.63) is 112 Å². The van der Waals surface area contributed by atoms with Gasteiger partial charge >= 0.3 is 0 Å². The first-order chi connectivity index (χ1) is 18.8. The van der Waals surface area contributed by atoms with Gasteiger partial charge in [0, 0.05) is 11.8 Å². The molecular weight excluding hydrogens is 510 g/mol. The monoisotopic (exact) mass is 539 g/mol. The van der Waals surface area contributed by atoms with Crippen LogP contribution < -0.4 is 4.74 Å². The average molecular weight is 540 g/mol. The van der Waals surface area contributed by atoms with Gasteiger partial charge in [-0.15, -0.1) is 11.3 Å². The Hall–Kier alpha value is -4.30. The van der Waals surface area contributed by atoms with Crippen molar-refractivity contribution in [2.24, 2.45) is 5.92 Å². The molecule has 2 aromatic heterocycles. The number of ketones is 1. The molecule has 1 aliphatic rings. The third kappa shape index (κ3) is 5.47. The number of hydrogen-bond acceptors (Lipinski definition) is 7. The van der Waals surface area contributed by atoms with Crippen LogP contribution in [0.5, 0.6) is 5.75 Å². The number of rotatable bonds is 9. The zero-order valence-corrected chi connectivity index (χ0v) is 22.8. The topological polar surface area (TPSA) is 92.6 Å². The van der Waals surface area contributed by atoms with Crippen molar-refractivity contribution >= 4 is 23.0 Å². The van der Waals surface area contributed by atoms with Gasteiger partial charge < -0.3 is 14.7 Å². The molecule has 1 aliphatic heterocycles. The molecule has 0 saturated heterocycles. The van der Waals surface area contributed by atoms with Crippen molar-refractivity contribution in [3.63, 3.8) is 0 Å². The minimum absolute atomic E-state index is 0.0308. The summed E-state index contributed by atoms with van der Waals surface area (Å²) < 4.78 is 5.94. The SMILES string of the molecule is Cc1nc(-c2ccccc2)sc1C(=O)C1=C(O)C(=O)N(Cc2ccccn2)C1c1cccc(OCC(C)C)c1. The lowest BCUT2D eigenvalue weighted by molar-refractivity contribution is -0.130. The maximum atomic E-state index is 14.1. The first kappa shape index (κ1) is 26.3. The standard InChI is InChI=1S/C31H29N3O4S/c1-19(2)18-38-24-14-9-12-22(16-24)26-25(28(36)31(37)34(26)17-23-13-7-8-15-32-23)27(35)29-20(3)33-30(39-29)21-10-5-4-6-11-21/h4-16,19,26,36H,17-18H2,1-3H3. The highest BCUT2D eigenvalue weighted by atomic mass is 32.1. The van der Waals surface area contributed by atoms with Crippen LogP contribution in [0.15, 0.2) is 90.3 Å². The number of benzene rings is 2. The number of aryl methyl sites for hydroxylation is 1. The molecule has 39 heavy (non-hydrogen) atoms. The maximum absolute atomic E-state index is 14.1. The van der Waals surface area contributed by atoms with Crippen molar-refractivity contribution in [2.75, 3.05) is 6.61 Å². The highest BCUT2D eigenvalue weighted by Crippen LogP contribution is 2.42. The summed E-state index contributed by atoms with van der Waals surface area (Å²) >= 11 is 1.25. The van der Waals surface area contributed by atoms with Crippen molar-refractivity contribution < 1.29 is 19.4 Å². The van der Waals surface area contributed by atoms with Gasteiger partial charge in [-0.05, 0) is 42.7 Å². The molecule has 3 heterocycles. The molecule has 1 unspecified atom stereocenters. The quantitative estimate of drug-likeness (QED) is 0.250. The molecule has 4 aromatic rings. The second-order valence-electron chi connectivity index (χ2n) is 9.82. The van der Waals surface area contributed by atoms with Gasteiger partial charge in [0.05, 0.1) is 41.0 Å². The Morgan fingerprint density at radius 3 is 2.56 bits per heavy atom. The lowest BCUT2D eigenvalue weighted by atomic mass is 9.94. The van der Waals surface area contributed by atoms with Crippen LogP contribution in [0.4, 0.5) is 0 Å². The fraction of sp³-hybridized carbons (Fsp3) is 0.226. The molecule has 5 rings (SSSR count). The third-order valence-electron chi connectivity index (χ3n) is 6.39. The predicted molar refractivity (Wildman–Crippen MR) is 151 cm³/mol. The normalized spacial score (nSPS) is 15.3. The van der Waals surface area contributed by atoms with Crippen LogP contribution in [-0.2, 0) is 11.3 Å². The summed E-state index contributed by atoms with van der Waals surface area (Å²) in [7, 11) is 0. The van der Waals surface area contributed by atoms with E-state index in [0.29, 0.717) is 45.1 Å². The largest absolute Gasteiger partial charge is 0.503 e. The highest BCUT2D eigenvalue weighted by Gasteiger charge is 2.44. The van der Waals surface area contributed by atoms with Gasteiger partial charge in [-0.25, -0.2) is 4.98 Å². The number of carbonyl (C=O) groups is 2. The summed E-state index contributed by atoms with van der Waals surface area (Å²) in [4.78, 5) is 38.4. The van der Waals surface area contributed by atoms with Crippen molar-refractivity contribution in [3.8, 4) is 16.3 Å². The number of aliphatic hydroxyl groups is 1. The number of pyridine rings is 1. The van der Waals surface area contributed by atoms with E-state index in [-0.39, 0.29) is 12.1 Å². The van der Waals surface area contributed by atoms with Gasteiger partial charge in [0.2, 0.25) is 5.78 Å². The van der Waals surface area contributed by atoms with Gasteiger partial charge in [0.1, 0.15) is 10.8 Å². The number of ether oxygens (including phenoxy) is 1. The lowest BCUT2D eigenvalue weighted by Gasteiger charge is -2.27. The zero-order valence-electron chi connectivity index (χ0n) is 22.0. The van der Waals surface area contributed by atoms with Crippen LogP contribution in [0, 0.1) is 12.8 Å². The van der Waals surface area contributed by atoms with Crippen LogP contribution in [-0.4, -0.2) is 38.3 Å². The van der Waals surface area contributed by atoms with Gasteiger partial charge in [-0.2, -0.15) is 0 Å². The van der Waals surface area contributed by atoms with E-state index < -0.39 is 23.5 Å². The van der Waals surface area contributed by atoms with E-state index in [9.17, 15) is 14.7 Å². The van der Waals surface area contributed by atoms with Gasteiger partial charge in [0.25, 0.3) is 5.91 Å². The molecule has 8 heteroatoms. The molecule has 0 fully saturated rings. The molecule has 0 saturated carbocycles. The Labute approximate surface area is 231 Å². The molecule has 0 bridgehead atoms. The van der Waals surface area contributed by atoms with E-state index in [1.54, 1.807) is 19.2 Å². The van der Waals surface area contributed by atoms with Gasteiger partial charge in [0.15, 0.2) is 5.76 Å². The first-order valence-corrected chi connectivity index (χ1v) is 13.6. The van der Waals surface area contributed by atoms with E-state index >= 15 is 0 Å². The smallest absolute Gasteiger partial charge is 0.290 e. The summed E-state index contributed by atoms with van der Waals surface area (Å²) in [6.07, 6.45) is 1.65. The van der Waals surface area contributed by atoms with E-state index in [1.165, 1.54) is 16.2 Å². The third-order valence-corrected chi connectivity index (χ3v) is 7.59. The number of aromatic nitrogens is 2. The summed E-state index contributed by atoms with van der Waals surface area (Å²) in [5.41, 5.74) is 2.79. The average Bonchev–Trinajstić information content (AvgIpc) is 3.46. The van der Waals surface area contributed by atoms with Crippen LogP contribution in [0.3, 0.4) is 0 Å². The van der Waals surface area contributed by atoms with E-state index in [0.717, 1.165) is 5.56 Å². The van der Waals surface area contributed by atoms with E-state index in [2.05, 4.69) is 23.8 Å². The van der Waals surface area contributed by atoms with Crippen molar-refractivity contribution in [1.82, 2.24) is 14.9 Å². The lowest BCUT2D eigenvalue weighted by Crippen LogP contribution is -2.31. The second-order valence-corrected chi connectivity index (χ2v) is 10.8. The van der Waals surface area contributed by atoms with Crippen LogP contribution in [0.2, 0.25) is 0 Å². The van der Waals surface area contributed by atoms with Gasteiger partial charge in [-0.3, -0.25) is 14.6 Å². The second kappa shape index (κ2) is 11.2. The van der Waals surface area contributed by atoms with E-state index in [1.807, 2.05) is 66.7 Å². The number of aliphatic hydroxyl groups excluding tert-OH is 1. The number of carbonyl (C=O) groups excluding carboxylic acids is 2. The highest BCUT2D eigenvalue weighted by molar-refractivity contribution is 7.17. The first-order valence-electron chi connectivity index (χ1n) is 12.8. The maximum Gasteiger partial charge on any atom is 0.290 e. The van der Waals surface area contributed by atoms with E-state index in [4.69, 9.17) is 4.74 Å². The summed E-state index contributed by atoms with van der Waals surface area (Å²) in [5.74, 6) is -0.627. The Balaban J connectivity index is 1.57.